The molecule has 2 aromatic rings. The molecule has 2 aromatic carbocycles. The molecule has 3 rings (SSSR count). The number of carbonyl (C=O) groups is 1. The van der Waals surface area contributed by atoms with Gasteiger partial charge in [0.2, 0.25) is 15.9 Å². The van der Waals surface area contributed by atoms with Crippen molar-refractivity contribution in [3.63, 3.8) is 0 Å². The SMILES string of the molecule is Cc1ccccc1CS(=O)(=O)N1CCC(C(=O)Nc2c(F)cccc2F)CC1. The Bertz CT molecular complexity index is 951. The van der Waals surface area contributed by atoms with E-state index in [4.69, 9.17) is 0 Å². The van der Waals surface area contributed by atoms with E-state index < -0.39 is 39.2 Å². The lowest BCUT2D eigenvalue weighted by Gasteiger charge is -2.30. The molecule has 1 aliphatic heterocycles. The molecule has 28 heavy (non-hydrogen) atoms. The van der Waals surface area contributed by atoms with E-state index in [2.05, 4.69) is 5.32 Å². The van der Waals surface area contributed by atoms with Gasteiger partial charge in [-0.15, -0.1) is 0 Å². The Labute approximate surface area is 163 Å². The summed E-state index contributed by atoms with van der Waals surface area (Å²) in [5.41, 5.74) is 1.19. The number of nitrogens with one attached hydrogen (secondary N) is 1. The minimum absolute atomic E-state index is 0.0863. The van der Waals surface area contributed by atoms with Crippen LogP contribution in [0.25, 0.3) is 0 Å². The Balaban J connectivity index is 1.61. The van der Waals surface area contributed by atoms with Crippen LogP contribution < -0.4 is 5.32 Å². The molecule has 1 N–H and O–H groups in total. The summed E-state index contributed by atoms with van der Waals surface area (Å²) in [7, 11) is -3.50. The molecule has 0 spiro atoms. The fraction of sp³-hybridized carbons (Fsp3) is 0.350. The number of rotatable bonds is 5. The number of amides is 1. The van der Waals surface area contributed by atoms with Crippen LogP contribution in [0.2, 0.25) is 0 Å². The van der Waals surface area contributed by atoms with Crippen molar-refractivity contribution >= 4 is 21.6 Å². The van der Waals surface area contributed by atoms with Crippen molar-refractivity contribution < 1.29 is 22.0 Å². The molecule has 0 aliphatic carbocycles. The second-order valence-corrected chi connectivity index (χ2v) is 8.91. The molecule has 0 atom stereocenters. The van der Waals surface area contributed by atoms with Crippen molar-refractivity contribution in [2.75, 3.05) is 18.4 Å². The van der Waals surface area contributed by atoms with Gasteiger partial charge in [0.05, 0.1) is 5.75 Å². The van der Waals surface area contributed by atoms with Crippen molar-refractivity contribution in [3.05, 3.63) is 65.2 Å². The fourth-order valence-electron chi connectivity index (χ4n) is 3.30. The molecule has 0 aromatic heterocycles. The molecule has 8 heteroatoms. The maximum Gasteiger partial charge on any atom is 0.227 e. The van der Waals surface area contributed by atoms with Crippen LogP contribution in [-0.4, -0.2) is 31.7 Å². The largest absolute Gasteiger partial charge is 0.321 e. The topological polar surface area (TPSA) is 66.5 Å². The van der Waals surface area contributed by atoms with Gasteiger partial charge in [0.15, 0.2) is 0 Å². The van der Waals surface area contributed by atoms with Crippen LogP contribution in [0.15, 0.2) is 42.5 Å². The number of halogens is 2. The van der Waals surface area contributed by atoms with E-state index in [1.165, 1.54) is 10.4 Å². The van der Waals surface area contributed by atoms with Crippen LogP contribution in [0.4, 0.5) is 14.5 Å². The Hall–Kier alpha value is -2.32. The molecule has 0 unspecified atom stereocenters. The van der Waals surface area contributed by atoms with E-state index in [0.29, 0.717) is 12.8 Å². The van der Waals surface area contributed by atoms with Crippen LogP contribution >= 0.6 is 0 Å². The molecule has 150 valence electrons. The van der Waals surface area contributed by atoms with Gasteiger partial charge < -0.3 is 5.32 Å². The molecule has 1 fully saturated rings. The number of nitrogens with zero attached hydrogens (tertiary/aromatic N) is 1. The average molecular weight is 408 g/mol. The van der Waals surface area contributed by atoms with Gasteiger partial charge in [0, 0.05) is 19.0 Å². The third-order valence-electron chi connectivity index (χ3n) is 5.03. The first-order valence-electron chi connectivity index (χ1n) is 9.05. The first-order valence-corrected chi connectivity index (χ1v) is 10.7. The fourth-order valence-corrected chi connectivity index (χ4v) is 4.97. The monoisotopic (exact) mass is 408 g/mol. The van der Waals surface area contributed by atoms with Gasteiger partial charge in [0.1, 0.15) is 17.3 Å². The van der Waals surface area contributed by atoms with Gasteiger partial charge >= 0.3 is 0 Å². The van der Waals surface area contributed by atoms with E-state index in [9.17, 15) is 22.0 Å². The molecular formula is C20H22F2N2O3S. The maximum absolute atomic E-state index is 13.7. The number of sulfonamides is 1. The van der Waals surface area contributed by atoms with Gasteiger partial charge in [-0.1, -0.05) is 30.3 Å². The lowest BCUT2D eigenvalue weighted by atomic mass is 9.97. The lowest BCUT2D eigenvalue weighted by molar-refractivity contribution is -0.121. The Morgan fingerprint density at radius 2 is 1.68 bits per heavy atom. The lowest BCUT2D eigenvalue weighted by Crippen LogP contribution is -2.42. The first-order chi connectivity index (χ1) is 13.3. The zero-order valence-electron chi connectivity index (χ0n) is 15.5. The number of aryl methyl sites for hydroxylation is 1. The number of hydrogen-bond acceptors (Lipinski definition) is 3. The van der Waals surface area contributed by atoms with Crippen LogP contribution in [0.3, 0.4) is 0 Å². The summed E-state index contributed by atoms with van der Waals surface area (Å²) in [6, 6.07) is 10.7. The second-order valence-electron chi connectivity index (χ2n) is 6.94. The Morgan fingerprint density at radius 3 is 2.29 bits per heavy atom. The number of benzene rings is 2. The molecule has 1 saturated heterocycles. The summed E-state index contributed by atoms with van der Waals surface area (Å²) < 4.78 is 54.1. The number of anilines is 1. The zero-order chi connectivity index (χ0) is 20.3. The van der Waals surface area contributed by atoms with E-state index in [0.717, 1.165) is 23.3 Å². The summed E-state index contributed by atoms with van der Waals surface area (Å²) in [5, 5.41) is 2.29. The zero-order valence-corrected chi connectivity index (χ0v) is 16.3. The van der Waals surface area contributed by atoms with Crippen molar-refractivity contribution in [3.8, 4) is 0 Å². The number of piperidine rings is 1. The average Bonchev–Trinajstić information content (AvgIpc) is 2.66. The van der Waals surface area contributed by atoms with Gasteiger partial charge in [0.25, 0.3) is 0 Å². The van der Waals surface area contributed by atoms with Gasteiger partial charge in [-0.3, -0.25) is 4.79 Å². The second kappa shape index (κ2) is 8.36. The molecule has 5 nitrogen and oxygen atoms in total. The standard InChI is InChI=1S/C20H22F2N2O3S/c1-14-5-2-3-6-16(14)13-28(26,27)24-11-9-15(10-12-24)20(25)23-19-17(21)7-4-8-18(19)22/h2-8,15H,9-13H2,1H3,(H,23,25). The summed E-state index contributed by atoms with van der Waals surface area (Å²) in [6.45, 7) is 2.27. The predicted octanol–water partition coefficient (Wildman–Crippen LogP) is 3.45. The maximum atomic E-state index is 13.7. The van der Waals surface area contributed by atoms with Gasteiger partial charge in [-0.05, 0) is 43.0 Å². The summed E-state index contributed by atoms with van der Waals surface area (Å²) in [6.07, 6.45) is 0.601. The number of hydrogen-bond donors (Lipinski definition) is 1. The third kappa shape index (κ3) is 4.56. The van der Waals surface area contributed by atoms with Crippen molar-refractivity contribution in [1.29, 1.82) is 0 Å². The highest BCUT2D eigenvalue weighted by Crippen LogP contribution is 2.25. The van der Waals surface area contributed by atoms with E-state index in [1.54, 1.807) is 12.1 Å². The molecule has 1 aliphatic rings. The van der Waals surface area contributed by atoms with Crippen LogP contribution in [0.5, 0.6) is 0 Å². The summed E-state index contributed by atoms with van der Waals surface area (Å²) in [5.74, 6) is -2.76. The van der Waals surface area contributed by atoms with E-state index in [1.807, 2.05) is 19.1 Å². The normalized spacial score (nSPS) is 16.1. The van der Waals surface area contributed by atoms with Crippen molar-refractivity contribution in [2.24, 2.45) is 5.92 Å². The van der Waals surface area contributed by atoms with Crippen LogP contribution in [-0.2, 0) is 20.6 Å². The van der Waals surface area contributed by atoms with E-state index in [-0.39, 0.29) is 18.8 Å². The predicted molar refractivity (Wildman–Crippen MR) is 103 cm³/mol. The van der Waals surface area contributed by atoms with Crippen molar-refractivity contribution in [1.82, 2.24) is 4.31 Å². The molecule has 0 bridgehead atoms. The molecule has 0 saturated carbocycles. The summed E-state index contributed by atoms with van der Waals surface area (Å²) in [4.78, 5) is 12.4. The van der Waals surface area contributed by atoms with Crippen LogP contribution in [0, 0.1) is 24.5 Å². The first kappa shape index (κ1) is 20.4. The highest BCUT2D eigenvalue weighted by molar-refractivity contribution is 7.88. The van der Waals surface area contributed by atoms with Gasteiger partial charge in [-0.2, -0.15) is 0 Å². The molecular weight excluding hydrogens is 386 g/mol. The van der Waals surface area contributed by atoms with E-state index >= 15 is 0 Å². The Morgan fingerprint density at radius 1 is 1.07 bits per heavy atom. The molecule has 1 amide bonds. The summed E-state index contributed by atoms with van der Waals surface area (Å²) >= 11 is 0. The molecule has 1 heterocycles. The molecule has 0 radical (unpaired) electrons. The highest BCUT2D eigenvalue weighted by atomic mass is 32.2. The van der Waals surface area contributed by atoms with Crippen LogP contribution in [0.1, 0.15) is 24.0 Å². The Kier molecular flexibility index (Phi) is 6.10. The quantitative estimate of drug-likeness (QED) is 0.824. The minimum Gasteiger partial charge on any atom is -0.321 e. The number of para-hydroxylation sites is 1. The third-order valence-corrected chi connectivity index (χ3v) is 6.86. The highest BCUT2D eigenvalue weighted by Gasteiger charge is 2.32. The smallest absolute Gasteiger partial charge is 0.227 e. The van der Waals surface area contributed by atoms with Gasteiger partial charge in [-0.25, -0.2) is 21.5 Å². The number of carbonyl (C=O) groups excluding carboxylic acids is 1. The minimum atomic E-state index is -3.50. The van der Waals surface area contributed by atoms with Crippen molar-refractivity contribution in [2.45, 2.75) is 25.5 Å².